The van der Waals surface area contributed by atoms with Gasteiger partial charge >= 0.3 is 17.9 Å². The lowest BCUT2D eigenvalue weighted by Crippen LogP contribution is -2.65. The van der Waals surface area contributed by atoms with Gasteiger partial charge in [0.2, 0.25) is 0 Å². The monoisotopic (exact) mass is 528 g/mol. The summed E-state index contributed by atoms with van der Waals surface area (Å²) in [4.78, 5) is 39.0. The second-order valence-electron chi connectivity index (χ2n) is 11.7. The highest BCUT2D eigenvalue weighted by Crippen LogP contribution is 2.52. The van der Waals surface area contributed by atoms with E-state index in [1.165, 1.54) is 0 Å². The zero-order valence-corrected chi connectivity index (χ0v) is 24.9. The van der Waals surface area contributed by atoms with Crippen LogP contribution < -0.4 is 0 Å². The summed E-state index contributed by atoms with van der Waals surface area (Å²) in [6, 6.07) is 0. The SMILES string of the molecule is CCC(CC)C(C)CC(C(=O)O)C(O)(C(=O)O)C(CC(C)C(CC)CC)(CC(C)C(CC)CC)C(=O)O. The first-order valence-corrected chi connectivity index (χ1v) is 14.6. The molecule has 0 aliphatic carbocycles. The molecule has 218 valence electrons. The van der Waals surface area contributed by atoms with Crippen molar-refractivity contribution >= 4 is 17.9 Å². The van der Waals surface area contributed by atoms with Crippen molar-refractivity contribution in [1.29, 1.82) is 0 Å². The Kier molecular flexibility index (Phi) is 15.0. The maximum atomic E-state index is 13.3. The van der Waals surface area contributed by atoms with Gasteiger partial charge < -0.3 is 20.4 Å². The summed E-state index contributed by atoms with van der Waals surface area (Å²) in [5.41, 5.74) is -5.12. The molecule has 5 atom stereocenters. The van der Waals surface area contributed by atoms with E-state index in [0.29, 0.717) is 0 Å². The summed E-state index contributed by atoms with van der Waals surface area (Å²) in [5.74, 6) is -6.60. The Labute approximate surface area is 225 Å². The van der Waals surface area contributed by atoms with Crippen LogP contribution in [0.1, 0.15) is 120 Å². The Morgan fingerprint density at radius 1 is 0.595 bits per heavy atom. The molecule has 37 heavy (non-hydrogen) atoms. The lowest BCUT2D eigenvalue weighted by atomic mass is 9.55. The predicted octanol–water partition coefficient (Wildman–Crippen LogP) is 6.96. The van der Waals surface area contributed by atoms with E-state index in [-0.39, 0.29) is 54.8 Å². The minimum Gasteiger partial charge on any atom is -0.481 e. The molecule has 4 N–H and O–H groups in total. The molecule has 0 aromatic carbocycles. The molecule has 0 rings (SSSR count). The van der Waals surface area contributed by atoms with E-state index in [0.717, 1.165) is 38.5 Å². The number of aliphatic carboxylic acids is 3. The molecule has 7 heteroatoms. The van der Waals surface area contributed by atoms with Gasteiger partial charge in [0.15, 0.2) is 5.60 Å². The fraction of sp³-hybridized carbons (Fsp3) is 0.900. The quantitative estimate of drug-likeness (QED) is 0.134. The van der Waals surface area contributed by atoms with E-state index in [2.05, 4.69) is 0 Å². The highest BCUT2D eigenvalue weighted by molar-refractivity contribution is 5.93. The van der Waals surface area contributed by atoms with Crippen LogP contribution in [0.4, 0.5) is 0 Å². The number of rotatable bonds is 20. The van der Waals surface area contributed by atoms with E-state index in [1.807, 2.05) is 62.3 Å². The van der Waals surface area contributed by atoms with Crippen LogP contribution in [0.5, 0.6) is 0 Å². The molecular formula is C30H56O7. The van der Waals surface area contributed by atoms with Gasteiger partial charge in [-0.2, -0.15) is 0 Å². The van der Waals surface area contributed by atoms with Crippen LogP contribution in [0.15, 0.2) is 0 Å². The summed E-state index contributed by atoms with van der Waals surface area (Å²) in [5, 5.41) is 43.9. The molecule has 7 nitrogen and oxygen atoms in total. The number of carbonyl (C=O) groups is 3. The van der Waals surface area contributed by atoms with Gasteiger partial charge in [-0.15, -0.1) is 0 Å². The van der Waals surface area contributed by atoms with Gasteiger partial charge in [-0.1, -0.05) is 101 Å². The van der Waals surface area contributed by atoms with Gasteiger partial charge in [-0.25, -0.2) is 4.79 Å². The van der Waals surface area contributed by atoms with Gasteiger partial charge in [0.05, 0.1) is 5.92 Å². The average molecular weight is 529 g/mol. The molecular weight excluding hydrogens is 472 g/mol. The van der Waals surface area contributed by atoms with Crippen molar-refractivity contribution in [2.24, 2.45) is 46.8 Å². The zero-order valence-electron chi connectivity index (χ0n) is 24.9. The first-order valence-electron chi connectivity index (χ1n) is 14.6. The normalized spacial score (nSPS) is 18.7. The topological polar surface area (TPSA) is 132 Å². The molecule has 0 saturated heterocycles. The van der Waals surface area contributed by atoms with Crippen LogP contribution in [0.25, 0.3) is 0 Å². The summed E-state index contributed by atoms with van der Waals surface area (Å²) < 4.78 is 0. The third kappa shape index (κ3) is 7.93. The second kappa shape index (κ2) is 15.7. The van der Waals surface area contributed by atoms with Crippen LogP contribution in [-0.4, -0.2) is 43.9 Å². The first-order chi connectivity index (χ1) is 17.2. The van der Waals surface area contributed by atoms with E-state index in [4.69, 9.17) is 0 Å². The first kappa shape index (κ1) is 35.4. The van der Waals surface area contributed by atoms with Crippen LogP contribution >= 0.6 is 0 Å². The van der Waals surface area contributed by atoms with E-state index in [1.54, 1.807) is 0 Å². The molecule has 0 bridgehead atoms. The van der Waals surface area contributed by atoms with Crippen molar-refractivity contribution < 1.29 is 34.8 Å². The Morgan fingerprint density at radius 2 is 0.919 bits per heavy atom. The fourth-order valence-electron chi connectivity index (χ4n) is 7.15. The Hall–Kier alpha value is -1.63. The van der Waals surface area contributed by atoms with Gasteiger partial charge in [-0.05, 0) is 54.8 Å². The number of hydrogen-bond acceptors (Lipinski definition) is 4. The molecule has 0 spiro atoms. The minimum absolute atomic E-state index is 0.0921. The third-order valence-corrected chi connectivity index (χ3v) is 9.78. The molecule has 0 aromatic heterocycles. The molecule has 5 unspecified atom stereocenters. The van der Waals surface area contributed by atoms with Crippen molar-refractivity contribution in [3.8, 4) is 0 Å². The highest BCUT2D eigenvalue weighted by atomic mass is 16.4. The van der Waals surface area contributed by atoms with Crippen molar-refractivity contribution in [1.82, 2.24) is 0 Å². The van der Waals surface area contributed by atoms with Crippen molar-refractivity contribution in [2.75, 3.05) is 0 Å². The van der Waals surface area contributed by atoms with E-state index >= 15 is 0 Å². The third-order valence-electron chi connectivity index (χ3n) is 9.78. The van der Waals surface area contributed by atoms with Crippen LogP contribution in [-0.2, 0) is 14.4 Å². The maximum absolute atomic E-state index is 13.3. The predicted molar refractivity (Wildman–Crippen MR) is 147 cm³/mol. The van der Waals surface area contributed by atoms with Gasteiger partial charge in [-0.3, -0.25) is 9.59 Å². The smallest absolute Gasteiger partial charge is 0.337 e. The molecule has 0 heterocycles. The summed E-state index contributed by atoms with van der Waals surface area (Å²) in [6.07, 6.45) is 4.44. The van der Waals surface area contributed by atoms with E-state index < -0.39 is 34.8 Å². The highest BCUT2D eigenvalue weighted by Gasteiger charge is 2.67. The summed E-state index contributed by atoms with van der Waals surface area (Å²) >= 11 is 0. The lowest BCUT2D eigenvalue weighted by molar-refractivity contribution is -0.212. The van der Waals surface area contributed by atoms with Crippen LogP contribution in [0.3, 0.4) is 0 Å². The number of hydrogen-bond donors (Lipinski definition) is 4. The van der Waals surface area contributed by atoms with Gasteiger partial charge in [0.1, 0.15) is 5.41 Å². The molecule has 0 amide bonds. The minimum atomic E-state index is -2.97. The largest absolute Gasteiger partial charge is 0.481 e. The molecule has 0 radical (unpaired) electrons. The van der Waals surface area contributed by atoms with Crippen molar-refractivity contribution in [2.45, 2.75) is 126 Å². The zero-order chi connectivity index (χ0) is 29.1. The Balaban J connectivity index is 7.24. The average Bonchev–Trinajstić information content (AvgIpc) is 2.83. The molecule has 0 fully saturated rings. The lowest BCUT2D eigenvalue weighted by Gasteiger charge is -2.48. The van der Waals surface area contributed by atoms with Gasteiger partial charge in [0, 0.05) is 0 Å². The molecule has 0 aliphatic heterocycles. The number of carboxylic acid groups (broad SMARTS) is 3. The van der Waals surface area contributed by atoms with E-state index in [9.17, 15) is 34.8 Å². The summed E-state index contributed by atoms with van der Waals surface area (Å²) in [7, 11) is 0. The summed E-state index contributed by atoms with van der Waals surface area (Å²) in [6.45, 7) is 17.7. The Morgan fingerprint density at radius 3 is 1.16 bits per heavy atom. The molecule has 0 aliphatic rings. The Bertz CT molecular complexity index is 689. The number of carboxylic acids is 3. The van der Waals surface area contributed by atoms with Crippen LogP contribution in [0, 0.1) is 46.8 Å². The molecule has 0 aromatic rings. The number of aliphatic hydroxyl groups is 1. The fourth-order valence-corrected chi connectivity index (χ4v) is 7.15. The van der Waals surface area contributed by atoms with Crippen LogP contribution in [0.2, 0.25) is 0 Å². The standard InChI is InChI=1S/C30H56O7/c1-10-22(11-2)19(7)16-25(26(31)32)30(37,28(35)36)29(27(33)34,17-20(8)23(12-3)13-4)18-21(9)24(14-5)15-6/h19-25,37H,10-18H2,1-9H3,(H,31,32)(H,33,34)(H,35,36). The van der Waals surface area contributed by atoms with Crippen molar-refractivity contribution in [3.63, 3.8) is 0 Å². The maximum Gasteiger partial charge on any atom is 0.337 e. The van der Waals surface area contributed by atoms with Gasteiger partial charge in [0.25, 0.3) is 0 Å². The van der Waals surface area contributed by atoms with Crippen molar-refractivity contribution in [3.05, 3.63) is 0 Å². The second-order valence-corrected chi connectivity index (χ2v) is 11.7. The molecule has 0 saturated carbocycles.